The Hall–Kier alpha value is -1.48. The van der Waals surface area contributed by atoms with Crippen molar-refractivity contribution in [2.75, 3.05) is 0 Å². The summed E-state index contributed by atoms with van der Waals surface area (Å²) in [4.78, 5) is 0. The third-order valence-corrected chi connectivity index (χ3v) is 4.39. The summed E-state index contributed by atoms with van der Waals surface area (Å²) in [6.07, 6.45) is 7.20. The van der Waals surface area contributed by atoms with Crippen molar-refractivity contribution in [3.63, 3.8) is 0 Å². The first-order valence-electron chi connectivity index (χ1n) is 7.58. The van der Waals surface area contributed by atoms with Gasteiger partial charge in [-0.05, 0) is 31.9 Å². The number of hydrogen-bond donors (Lipinski definition) is 0. The van der Waals surface area contributed by atoms with Crippen LogP contribution in [0.2, 0.25) is 0 Å². The summed E-state index contributed by atoms with van der Waals surface area (Å²) in [6.45, 7) is 2.55. The van der Waals surface area contributed by atoms with Gasteiger partial charge in [0.15, 0.2) is 0 Å². The van der Waals surface area contributed by atoms with E-state index in [1.165, 1.54) is 31.2 Å². The molecule has 0 N–H and O–H groups in total. The first kappa shape index (κ1) is 14.5. The summed E-state index contributed by atoms with van der Waals surface area (Å²) in [5.41, 5.74) is 3.21. The van der Waals surface area contributed by atoms with Gasteiger partial charge in [0.25, 0.3) is 0 Å². The SMILES string of the molecule is Cc1ccc(OCc2ccn(C3CCCC3)n2)c(CCl)c1. The summed E-state index contributed by atoms with van der Waals surface area (Å²) >= 11 is 5.98. The quantitative estimate of drug-likeness (QED) is 0.753. The lowest BCUT2D eigenvalue weighted by Crippen LogP contribution is -2.06. The smallest absolute Gasteiger partial charge is 0.132 e. The van der Waals surface area contributed by atoms with Crippen LogP contribution in [0, 0.1) is 6.92 Å². The van der Waals surface area contributed by atoms with Gasteiger partial charge in [-0.3, -0.25) is 4.68 Å². The minimum Gasteiger partial charge on any atom is -0.487 e. The van der Waals surface area contributed by atoms with E-state index < -0.39 is 0 Å². The monoisotopic (exact) mass is 304 g/mol. The molecule has 0 atom stereocenters. The number of nitrogens with zero attached hydrogens (tertiary/aromatic N) is 2. The standard InChI is InChI=1S/C17H21ClN2O/c1-13-6-7-17(14(10-13)11-18)21-12-15-8-9-20(19-15)16-4-2-3-5-16/h6-10,16H,2-5,11-12H2,1H3. The molecule has 0 aliphatic heterocycles. The molecule has 0 bridgehead atoms. The molecule has 0 unspecified atom stereocenters. The van der Waals surface area contributed by atoms with Gasteiger partial charge in [0.1, 0.15) is 12.4 Å². The van der Waals surface area contributed by atoms with Crippen LogP contribution in [0.3, 0.4) is 0 Å². The molecule has 1 aromatic heterocycles. The van der Waals surface area contributed by atoms with Gasteiger partial charge in [-0.1, -0.05) is 30.5 Å². The fraction of sp³-hybridized carbons (Fsp3) is 0.471. The van der Waals surface area contributed by atoms with Gasteiger partial charge in [-0.15, -0.1) is 11.6 Å². The number of alkyl halides is 1. The average molecular weight is 305 g/mol. The number of aromatic nitrogens is 2. The van der Waals surface area contributed by atoms with Crippen LogP contribution < -0.4 is 4.74 Å². The lowest BCUT2D eigenvalue weighted by Gasteiger charge is -2.10. The zero-order valence-corrected chi connectivity index (χ0v) is 13.1. The molecule has 112 valence electrons. The Kier molecular flexibility index (Phi) is 4.49. The van der Waals surface area contributed by atoms with E-state index in [2.05, 4.69) is 29.0 Å². The third-order valence-electron chi connectivity index (χ3n) is 4.10. The minimum absolute atomic E-state index is 0.466. The molecule has 1 aromatic carbocycles. The maximum absolute atomic E-state index is 5.98. The fourth-order valence-corrected chi connectivity index (χ4v) is 3.14. The fourth-order valence-electron chi connectivity index (χ4n) is 2.93. The molecule has 2 aromatic rings. The normalized spacial score (nSPS) is 15.5. The van der Waals surface area contributed by atoms with Gasteiger partial charge in [0.05, 0.1) is 17.6 Å². The molecule has 21 heavy (non-hydrogen) atoms. The van der Waals surface area contributed by atoms with Gasteiger partial charge >= 0.3 is 0 Å². The van der Waals surface area contributed by atoms with Gasteiger partial charge in [-0.2, -0.15) is 5.10 Å². The van der Waals surface area contributed by atoms with Crippen LogP contribution in [0.25, 0.3) is 0 Å². The van der Waals surface area contributed by atoms with E-state index in [4.69, 9.17) is 16.3 Å². The molecular formula is C17H21ClN2O. The third kappa shape index (κ3) is 3.41. The highest BCUT2D eigenvalue weighted by Gasteiger charge is 2.17. The van der Waals surface area contributed by atoms with E-state index >= 15 is 0 Å². The van der Waals surface area contributed by atoms with E-state index in [1.807, 2.05) is 18.2 Å². The van der Waals surface area contributed by atoms with E-state index in [-0.39, 0.29) is 0 Å². The number of halogens is 1. The van der Waals surface area contributed by atoms with Gasteiger partial charge in [-0.25, -0.2) is 0 Å². The zero-order chi connectivity index (χ0) is 14.7. The largest absolute Gasteiger partial charge is 0.487 e. The van der Waals surface area contributed by atoms with E-state index in [1.54, 1.807) is 0 Å². The van der Waals surface area contributed by atoms with E-state index in [0.29, 0.717) is 18.5 Å². The maximum atomic E-state index is 5.98. The molecule has 1 fully saturated rings. The molecule has 4 heteroatoms. The Balaban J connectivity index is 1.65. The summed E-state index contributed by atoms with van der Waals surface area (Å²) in [5, 5.41) is 4.64. The van der Waals surface area contributed by atoms with Crippen molar-refractivity contribution >= 4 is 11.6 Å². The highest BCUT2D eigenvalue weighted by atomic mass is 35.5. The Bertz CT molecular complexity index is 603. The molecule has 3 rings (SSSR count). The van der Waals surface area contributed by atoms with Gasteiger partial charge in [0.2, 0.25) is 0 Å². The predicted molar refractivity (Wildman–Crippen MR) is 84.8 cm³/mol. The number of hydrogen-bond acceptors (Lipinski definition) is 2. The van der Waals surface area contributed by atoms with Gasteiger partial charge < -0.3 is 4.74 Å². The summed E-state index contributed by atoms with van der Waals surface area (Å²) < 4.78 is 7.99. The van der Waals surface area contributed by atoms with Crippen LogP contribution in [0.4, 0.5) is 0 Å². The molecule has 0 spiro atoms. The topological polar surface area (TPSA) is 27.1 Å². The summed E-state index contributed by atoms with van der Waals surface area (Å²) in [7, 11) is 0. The van der Waals surface area contributed by atoms with Crippen LogP contribution >= 0.6 is 11.6 Å². The first-order chi connectivity index (χ1) is 10.3. The van der Waals surface area contributed by atoms with Crippen molar-refractivity contribution in [2.24, 2.45) is 0 Å². The maximum Gasteiger partial charge on any atom is 0.132 e. The van der Waals surface area contributed by atoms with E-state index in [9.17, 15) is 0 Å². The molecule has 1 aliphatic rings. The van der Waals surface area contributed by atoms with Crippen molar-refractivity contribution in [3.8, 4) is 5.75 Å². The van der Waals surface area contributed by atoms with Crippen LogP contribution in [-0.2, 0) is 12.5 Å². The predicted octanol–water partition coefficient (Wildman–Crippen LogP) is 4.62. The Morgan fingerprint density at radius 1 is 1.29 bits per heavy atom. The minimum atomic E-state index is 0.466. The second kappa shape index (κ2) is 6.52. The second-order valence-electron chi connectivity index (χ2n) is 5.76. The molecule has 3 nitrogen and oxygen atoms in total. The lowest BCUT2D eigenvalue weighted by molar-refractivity contribution is 0.295. The Morgan fingerprint density at radius 2 is 2.10 bits per heavy atom. The van der Waals surface area contributed by atoms with Crippen molar-refractivity contribution < 1.29 is 4.74 Å². The Morgan fingerprint density at radius 3 is 2.86 bits per heavy atom. The lowest BCUT2D eigenvalue weighted by atomic mass is 10.1. The van der Waals surface area contributed by atoms with Crippen LogP contribution in [0.1, 0.15) is 48.5 Å². The molecule has 0 radical (unpaired) electrons. The Labute approximate surface area is 130 Å². The molecule has 1 aliphatic carbocycles. The number of benzene rings is 1. The van der Waals surface area contributed by atoms with E-state index in [0.717, 1.165) is 17.0 Å². The summed E-state index contributed by atoms with van der Waals surface area (Å²) in [6, 6.07) is 8.73. The van der Waals surface area contributed by atoms with Crippen molar-refractivity contribution in [1.82, 2.24) is 9.78 Å². The first-order valence-corrected chi connectivity index (χ1v) is 8.12. The van der Waals surface area contributed by atoms with Crippen LogP contribution in [0.15, 0.2) is 30.5 Å². The molecule has 1 heterocycles. The molecule has 0 amide bonds. The van der Waals surface area contributed by atoms with Gasteiger partial charge in [0, 0.05) is 11.8 Å². The molecular weight excluding hydrogens is 284 g/mol. The summed E-state index contributed by atoms with van der Waals surface area (Å²) in [5.74, 6) is 1.32. The number of rotatable bonds is 5. The second-order valence-corrected chi connectivity index (χ2v) is 6.03. The molecule has 0 saturated heterocycles. The van der Waals surface area contributed by atoms with Crippen molar-refractivity contribution in [1.29, 1.82) is 0 Å². The van der Waals surface area contributed by atoms with Crippen LogP contribution in [0.5, 0.6) is 5.75 Å². The molecule has 1 saturated carbocycles. The van der Waals surface area contributed by atoms with Crippen molar-refractivity contribution in [3.05, 3.63) is 47.3 Å². The number of ether oxygens (including phenoxy) is 1. The zero-order valence-electron chi connectivity index (χ0n) is 12.4. The average Bonchev–Trinajstić information content (AvgIpc) is 3.16. The highest BCUT2D eigenvalue weighted by molar-refractivity contribution is 6.17. The van der Waals surface area contributed by atoms with Crippen LogP contribution in [-0.4, -0.2) is 9.78 Å². The number of aryl methyl sites for hydroxylation is 1. The van der Waals surface area contributed by atoms with Crippen molar-refractivity contribution in [2.45, 2.75) is 51.1 Å². The highest BCUT2D eigenvalue weighted by Crippen LogP contribution is 2.29.